The summed E-state index contributed by atoms with van der Waals surface area (Å²) in [6, 6.07) is 0. The fraction of sp³-hybridized carbons (Fsp3) is 0.462. The van der Waals surface area contributed by atoms with Gasteiger partial charge in [-0.15, -0.1) is 12.4 Å². The van der Waals surface area contributed by atoms with Crippen molar-refractivity contribution in [2.24, 2.45) is 0 Å². The molecular formula is C13H15ClN4O3. The van der Waals surface area contributed by atoms with Crippen LogP contribution in [0.25, 0.3) is 0 Å². The number of carbonyl (C=O) groups excluding carboxylic acids is 1. The highest BCUT2D eigenvalue weighted by atomic mass is 35.5. The van der Waals surface area contributed by atoms with E-state index in [0.717, 1.165) is 42.8 Å². The van der Waals surface area contributed by atoms with Crippen LogP contribution in [0.5, 0.6) is 0 Å². The summed E-state index contributed by atoms with van der Waals surface area (Å²) < 4.78 is 10.2. The van der Waals surface area contributed by atoms with E-state index < -0.39 is 5.54 Å². The van der Waals surface area contributed by atoms with E-state index in [4.69, 9.17) is 8.94 Å². The Labute approximate surface area is 126 Å². The van der Waals surface area contributed by atoms with Gasteiger partial charge in [-0.2, -0.15) is 0 Å². The van der Waals surface area contributed by atoms with Gasteiger partial charge in [-0.05, 0) is 12.8 Å². The van der Waals surface area contributed by atoms with Crippen LogP contribution in [-0.2, 0) is 18.5 Å². The molecule has 0 saturated heterocycles. The van der Waals surface area contributed by atoms with Crippen LogP contribution in [0.2, 0.25) is 0 Å². The first-order valence-corrected chi connectivity index (χ1v) is 6.68. The molecule has 2 aromatic heterocycles. The van der Waals surface area contributed by atoms with Gasteiger partial charge in [-0.1, -0.05) is 5.16 Å². The Bertz CT molecular complexity index is 648. The maximum Gasteiger partial charge on any atom is 0.274 e. The normalized spacial score (nSPS) is 18.5. The highest BCUT2D eigenvalue weighted by molar-refractivity contribution is 5.94. The zero-order valence-corrected chi connectivity index (χ0v) is 12.0. The fourth-order valence-corrected chi connectivity index (χ4v) is 2.61. The summed E-state index contributed by atoms with van der Waals surface area (Å²) in [5.41, 5.74) is 1.62. The van der Waals surface area contributed by atoms with Crippen molar-refractivity contribution in [3.63, 3.8) is 0 Å². The van der Waals surface area contributed by atoms with E-state index >= 15 is 0 Å². The lowest BCUT2D eigenvalue weighted by Crippen LogP contribution is -2.36. The summed E-state index contributed by atoms with van der Waals surface area (Å²) >= 11 is 0. The topological polar surface area (TPSA) is 93.2 Å². The van der Waals surface area contributed by atoms with Gasteiger partial charge in [0.25, 0.3) is 5.91 Å². The van der Waals surface area contributed by atoms with Crippen LogP contribution in [0.1, 0.15) is 40.3 Å². The van der Waals surface area contributed by atoms with Crippen LogP contribution in [0, 0.1) is 0 Å². The van der Waals surface area contributed by atoms with Crippen molar-refractivity contribution >= 4 is 18.3 Å². The van der Waals surface area contributed by atoms with Gasteiger partial charge in [0.1, 0.15) is 17.7 Å². The lowest BCUT2D eigenvalue weighted by atomic mass is 10.1. The highest BCUT2D eigenvalue weighted by Crippen LogP contribution is 2.44. The van der Waals surface area contributed by atoms with Crippen molar-refractivity contribution in [1.29, 1.82) is 0 Å². The van der Waals surface area contributed by atoms with Crippen LogP contribution in [0.4, 0.5) is 0 Å². The van der Waals surface area contributed by atoms with Gasteiger partial charge >= 0.3 is 0 Å². The minimum atomic E-state index is -0.391. The Morgan fingerprint density at radius 1 is 1.43 bits per heavy atom. The third-order valence-corrected chi connectivity index (χ3v) is 3.94. The van der Waals surface area contributed by atoms with Crippen LogP contribution in [0.3, 0.4) is 0 Å². The summed E-state index contributed by atoms with van der Waals surface area (Å²) in [5, 5.41) is 10.2. The van der Waals surface area contributed by atoms with Crippen molar-refractivity contribution in [1.82, 2.24) is 20.8 Å². The second-order valence-electron chi connectivity index (χ2n) is 5.27. The van der Waals surface area contributed by atoms with Gasteiger partial charge in [-0.3, -0.25) is 4.79 Å². The molecule has 1 aliphatic heterocycles. The highest BCUT2D eigenvalue weighted by Gasteiger charge is 2.48. The largest absolute Gasteiger partial charge is 0.451 e. The number of hydrogen-bond acceptors (Lipinski definition) is 6. The van der Waals surface area contributed by atoms with Crippen molar-refractivity contribution in [2.75, 3.05) is 6.54 Å². The van der Waals surface area contributed by atoms with E-state index in [-0.39, 0.29) is 18.3 Å². The molecule has 2 N–H and O–H groups in total. The summed E-state index contributed by atoms with van der Waals surface area (Å²) in [6.45, 7) is 1.48. The lowest BCUT2D eigenvalue weighted by molar-refractivity contribution is 0.0919. The van der Waals surface area contributed by atoms with E-state index in [2.05, 4.69) is 20.8 Å². The second-order valence-corrected chi connectivity index (χ2v) is 5.27. The number of amides is 1. The maximum absolute atomic E-state index is 12.4. The Balaban J connectivity index is 0.00000132. The molecule has 1 fully saturated rings. The molecule has 2 aromatic rings. The number of rotatable bonds is 3. The predicted octanol–water partition coefficient (Wildman–Crippen LogP) is 1.15. The molecule has 0 radical (unpaired) electrons. The molecule has 0 unspecified atom stereocenters. The third-order valence-electron chi connectivity index (χ3n) is 3.94. The predicted molar refractivity (Wildman–Crippen MR) is 74.0 cm³/mol. The van der Waals surface area contributed by atoms with Crippen molar-refractivity contribution in [2.45, 2.75) is 31.3 Å². The Morgan fingerprint density at radius 3 is 3.00 bits per heavy atom. The second kappa shape index (κ2) is 5.16. The zero-order valence-electron chi connectivity index (χ0n) is 11.2. The molecule has 1 saturated carbocycles. The summed E-state index contributed by atoms with van der Waals surface area (Å²) in [6.07, 6.45) is 5.45. The average molecular weight is 311 g/mol. The molecular weight excluding hydrogens is 296 g/mol. The maximum atomic E-state index is 12.4. The molecule has 0 bridgehead atoms. The van der Waals surface area contributed by atoms with Gasteiger partial charge in [-0.25, -0.2) is 4.98 Å². The number of carbonyl (C=O) groups is 1. The quantitative estimate of drug-likeness (QED) is 0.883. The molecule has 112 valence electrons. The van der Waals surface area contributed by atoms with Crippen LogP contribution >= 0.6 is 12.4 Å². The molecule has 8 heteroatoms. The fourth-order valence-electron chi connectivity index (χ4n) is 2.61. The number of halogens is 1. The van der Waals surface area contributed by atoms with Gasteiger partial charge < -0.3 is 19.6 Å². The minimum absolute atomic E-state index is 0. The number of hydrogen-bond donors (Lipinski definition) is 2. The summed E-state index contributed by atoms with van der Waals surface area (Å²) in [5.74, 6) is 0.597. The summed E-state index contributed by atoms with van der Waals surface area (Å²) in [4.78, 5) is 16.5. The van der Waals surface area contributed by atoms with E-state index in [1.165, 1.54) is 6.39 Å². The molecule has 0 spiro atoms. The van der Waals surface area contributed by atoms with Crippen molar-refractivity contribution in [3.8, 4) is 0 Å². The molecule has 3 heterocycles. The van der Waals surface area contributed by atoms with Gasteiger partial charge in [0.05, 0.1) is 5.54 Å². The molecule has 4 rings (SSSR count). The zero-order chi connectivity index (χ0) is 13.6. The van der Waals surface area contributed by atoms with E-state index in [1.54, 1.807) is 6.26 Å². The van der Waals surface area contributed by atoms with Gasteiger partial charge in [0.15, 0.2) is 12.1 Å². The molecule has 7 nitrogen and oxygen atoms in total. The number of nitrogens with zero attached hydrogens (tertiary/aromatic N) is 2. The van der Waals surface area contributed by atoms with Crippen LogP contribution in [-0.4, -0.2) is 22.6 Å². The monoisotopic (exact) mass is 310 g/mol. The van der Waals surface area contributed by atoms with E-state index in [0.29, 0.717) is 12.2 Å². The average Bonchev–Trinajstić information content (AvgIpc) is 2.95. The minimum Gasteiger partial charge on any atom is -0.451 e. The standard InChI is InChI=1S/C13H14N4O3.ClH/c18-12(11-8-5-14-4-1-9(8)20-17-11)16-13(2-3-13)10-6-19-7-15-10;/h6-7,14H,1-5H2,(H,16,18);1H. The first-order chi connectivity index (χ1) is 9.78. The van der Waals surface area contributed by atoms with Gasteiger partial charge in [0.2, 0.25) is 0 Å². The van der Waals surface area contributed by atoms with Crippen LogP contribution < -0.4 is 10.6 Å². The molecule has 0 atom stereocenters. The SMILES string of the molecule is Cl.O=C(NC1(c2cocn2)CC1)c1noc2c1CNCC2. The third kappa shape index (κ3) is 2.32. The van der Waals surface area contributed by atoms with Crippen molar-refractivity contribution in [3.05, 3.63) is 35.4 Å². The summed E-state index contributed by atoms with van der Waals surface area (Å²) in [7, 11) is 0. The number of fused-ring (bicyclic) bond motifs is 1. The Morgan fingerprint density at radius 2 is 2.29 bits per heavy atom. The van der Waals surface area contributed by atoms with Crippen LogP contribution in [0.15, 0.2) is 21.6 Å². The van der Waals surface area contributed by atoms with E-state index in [9.17, 15) is 4.79 Å². The Hall–Kier alpha value is -1.86. The Kier molecular flexibility index (Phi) is 3.46. The first-order valence-electron chi connectivity index (χ1n) is 6.68. The molecule has 21 heavy (non-hydrogen) atoms. The first kappa shape index (κ1) is 14.1. The van der Waals surface area contributed by atoms with E-state index in [1.807, 2.05) is 0 Å². The molecule has 0 aromatic carbocycles. The number of nitrogens with one attached hydrogen (secondary N) is 2. The van der Waals surface area contributed by atoms with Crippen molar-refractivity contribution < 1.29 is 13.7 Å². The lowest BCUT2D eigenvalue weighted by Gasteiger charge is -2.15. The van der Waals surface area contributed by atoms with Gasteiger partial charge in [0, 0.05) is 25.1 Å². The smallest absolute Gasteiger partial charge is 0.274 e. The number of oxazole rings is 1. The molecule has 1 aliphatic carbocycles. The molecule has 2 aliphatic rings. The molecule has 1 amide bonds. The number of aromatic nitrogens is 2.